The Morgan fingerprint density at radius 3 is 2.33 bits per heavy atom. The van der Waals surface area contributed by atoms with E-state index in [0.717, 1.165) is 0 Å². The van der Waals surface area contributed by atoms with Crippen LogP contribution >= 0.6 is 0 Å². The van der Waals surface area contributed by atoms with Gasteiger partial charge in [-0.1, -0.05) is 13.8 Å². The quantitative estimate of drug-likeness (QED) is 0.775. The predicted octanol–water partition coefficient (Wildman–Crippen LogP) is 0.583. The number of nitrogens with one attached hydrogen (secondary N) is 1. The predicted molar refractivity (Wildman–Crippen MR) is 59.2 cm³/mol. The number of amides is 1. The normalized spacial score (nSPS) is 21.5. The third kappa shape index (κ3) is 4.20. The average Bonchev–Trinajstić information content (AvgIpc) is 2.15. The van der Waals surface area contributed by atoms with Crippen LogP contribution < -0.4 is 5.32 Å². The van der Waals surface area contributed by atoms with Gasteiger partial charge >= 0.3 is 0 Å². The number of hydrogen-bond acceptors (Lipinski definition) is 3. The van der Waals surface area contributed by atoms with E-state index in [9.17, 15) is 13.2 Å². The van der Waals surface area contributed by atoms with Crippen LogP contribution in [0.4, 0.5) is 0 Å². The highest BCUT2D eigenvalue weighted by Gasteiger charge is 2.23. The summed E-state index contributed by atoms with van der Waals surface area (Å²) >= 11 is 0. The molecule has 0 aliphatic carbocycles. The van der Waals surface area contributed by atoms with Gasteiger partial charge in [-0.2, -0.15) is 0 Å². The van der Waals surface area contributed by atoms with E-state index in [4.69, 9.17) is 0 Å². The van der Waals surface area contributed by atoms with Crippen LogP contribution in [0.15, 0.2) is 0 Å². The SMILES string of the molecule is CC(C)C(=O)NCC1CCS(=O)(=O)CC1. The zero-order valence-electron chi connectivity index (χ0n) is 9.32. The van der Waals surface area contributed by atoms with E-state index < -0.39 is 9.84 Å². The van der Waals surface area contributed by atoms with Gasteiger partial charge in [-0.15, -0.1) is 0 Å². The summed E-state index contributed by atoms with van der Waals surface area (Å²) in [4.78, 5) is 11.3. The molecule has 1 aliphatic heterocycles. The first kappa shape index (κ1) is 12.5. The van der Waals surface area contributed by atoms with E-state index >= 15 is 0 Å². The summed E-state index contributed by atoms with van der Waals surface area (Å²) in [5.41, 5.74) is 0. The first-order chi connectivity index (χ1) is 6.91. The number of rotatable bonds is 3. The number of carbonyl (C=O) groups excluding carboxylic acids is 1. The van der Waals surface area contributed by atoms with Crippen molar-refractivity contribution in [2.24, 2.45) is 11.8 Å². The van der Waals surface area contributed by atoms with Crippen LogP contribution in [0.25, 0.3) is 0 Å². The topological polar surface area (TPSA) is 63.2 Å². The molecule has 0 saturated carbocycles. The van der Waals surface area contributed by atoms with Crippen LogP contribution in [0.3, 0.4) is 0 Å². The average molecular weight is 233 g/mol. The van der Waals surface area contributed by atoms with Crippen LogP contribution in [-0.2, 0) is 14.6 Å². The van der Waals surface area contributed by atoms with E-state index in [1.165, 1.54) is 0 Å². The van der Waals surface area contributed by atoms with Crippen molar-refractivity contribution < 1.29 is 13.2 Å². The van der Waals surface area contributed by atoms with Gasteiger partial charge in [-0.25, -0.2) is 8.42 Å². The van der Waals surface area contributed by atoms with Gasteiger partial charge in [0.2, 0.25) is 5.91 Å². The van der Waals surface area contributed by atoms with Gasteiger partial charge in [0.25, 0.3) is 0 Å². The fourth-order valence-corrected chi connectivity index (χ4v) is 3.18. The largest absolute Gasteiger partial charge is 0.356 e. The molecular formula is C10H19NO3S. The number of sulfone groups is 1. The second-order valence-corrected chi connectivity index (χ2v) is 6.80. The Labute approximate surface area is 91.4 Å². The fraction of sp³-hybridized carbons (Fsp3) is 0.900. The summed E-state index contributed by atoms with van der Waals surface area (Å²) in [7, 11) is -2.78. The highest BCUT2D eigenvalue weighted by Crippen LogP contribution is 2.17. The summed E-state index contributed by atoms with van der Waals surface area (Å²) in [6, 6.07) is 0. The highest BCUT2D eigenvalue weighted by atomic mass is 32.2. The molecule has 0 spiro atoms. The Morgan fingerprint density at radius 1 is 1.33 bits per heavy atom. The Balaban J connectivity index is 2.28. The van der Waals surface area contributed by atoms with E-state index in [0.29, 0.717) is 25.3 Å². The first-order valence-corrected chi connectivity index (χ1v) is 7.21. The minimum absolute atomic E-state index is 0.00248. The third-order valence-electron chi connectivity index (χ3n) is 2.76. The summed E-state index contributed by atoms with van der Waals surface area (Å²) in [5, 5.41) is 2.85. The smallest absolute Gasteiger partial charge is 0.222 e. The van der Waals surface area contributed by atoms with Crippen LogP contribution in [-0.4, -0.2) is 32.4 Å². The van der Waals surface area contributed by atoms with E-state index in [-0.39, 0.29) is 23.3 Å². The lowest BCUT2D eigenvalue weighted by atomic mass is 10.0. The molecule has 1 amide bonds. The molecule has 88 valence electrons. The van der Waals surface area contributed by atoms with Crippen molar-refractivity contribution in [3.8, 4) is 0 Å². The fourth-order valence-electron chi connectivity index (χ4n) is 1.59. The maximum Gasteiger partial charge on any atom is 0.222 e. The monoisotopic (exact) mass is 233 g/mol. The molecule has 0 atom stereocenters. The van der Waals surface area contributed by atoms with Crippen molar-refractivity contribution in [2.75, 3.05) is 18.1 Å². The molecule has 0 aromatic carbocycles. The molecule has 1 aliphatic rings. The molecule has 1 N–H and O–H groups in total. The van der Waals surface area contributed by atoms with Crippen molar-refractivity contribution in [3.05, 3.63) is 0 Å². The maximum atomic E-state index is 11.3. The molecule has 0 aromatic heterocycles. The van der Waals surface area contributed by atoms with Gasteiger partial charge in [-0.05, 0) is 18.8 Å². The van der Waals surface area contributed by atoms with Crippen molar-refractivity contribution in [3.63, 3.8) is 0 Å². The molecule has 0 radical (unpaired) electrons. The van der Waals surface area contributed by atoms with Gasteiger partial charge in [-0.3, -0.25) is 4.79 Å². The Hall–Kier alpha value is -0.580. The van der Waals surface area contributed by atoms with Gasteiger partial charge in [0, 0.05) is 12.5 Å². The van der Waals surface area contributed by atoms with E-state index in [2.05, 4.69) is 5.32 Å². The lowest BCUT2D eigenvalue weighted by molar-refractivity contribution is -0.124. The van der Waals surface area contributed by atoms with Gasteiger partial charge < -0.3 is 5.32 Å². The molecule has 1 rings (SSSR count). The summed E-state index contributed by atoms with van der Waals surface area (Å²) in [6.45, 7) is 4.31. The first-order valence-electron chi connectivity index (χ1n) is 5.39. The zero-order chi connectivity index (χ0) is 11.5. The molecule has 0 aromatic rings. The molecule has 5 heteroatoms. The molecule has 0 unspecified atom stereocenters. The maximum absolute atomic E-state index is 11.3. The number of carbonyl (C=O) groups is 1. The van der Waals surface area contributed by atoms with Crippen molar-refractivity contribution in [2.45, 2.75) is 26.7 Å². The third-order valence-corrected chi connectivity index (χ3v) is 4.48. The van der Waals surface area contributed by atoms with Gasteiger partial charge in [0.15, 0.2) is 0 Å². The standard InChI is InChI=1S/C10H19NO3S/c1-8(2)10(12)11-7-9-3-5-15(13,14)6-4-9/h8-9H,3-7H2,1-2H3,(H,11,12). The van der Waals surface area contributed by atoms with Gasteiger partial charge in [0.1, 0.15) is 9.84 Å². The molecule has 1 saturated heterocycles. The molecular weight excluding hydrogens is 214 g/mol. The minimum atomic E-state index is -2.78. The van der Waals surface area contributed by atoms with Crippen LogP contribution in [0.2, 0.25) is 0 Å². The Kier molecular flexibility index (Phi) is 4.13. The van der Waals surface area contributed by atoms with Crippen molar-refractivity contribution in [1.82, 2.24) is 5.32 Å². The second kappa shape index (κ2) is 4.96. The summed E-state index contributed by atoms with van der Waals surface area (Å²) in [6.07, 6.45) is 1.36. The molecule has 4 nitrogen and oxygen atoms in total. The number of hydrogen-bond donors (Lipinski definition) is 1. The molecule has 0 bridgehead atoms. The second-order valence-electron chi connectivity index (χ2n) is 4.50. The van der Waals surface area contributed by atoms with Crippen molar-refractivity contribution in [1.29, 1.82) is 0 Å². The van der Waals surface area contributed by atoms with Crippen LogP contribution in [0, 0.1) is 11.8 Å². The Bertz CT molecular complexity index is 308. The van der Waals surface area contributed by atoms with E-state index in [1.807, 2.05) is 13.8 Å². The molecule has 1 heterocycles. The van der Waals surface area contributed by atoms with Crippen LogP contribution in [0.1, 0.15) is 26.7 Å². The van der Waals surface area contributed by atoms with Crippen LogP contribution in [0.5, 0.6) is 0 Å². The molecule has 15 heavy (non-hydrogen) atoms. The lowest BCUT2D eigenvalue weighted by Crippen LogP contribution is -2.35. The van der Waals surface area contributed by atoms with Crippen molar-refractivity contribution >= 4 is 15.7 Å². The summed E-state index contributed by atoms with van der Waals surface area (Å²) in [5.74, 6) is 0.918. The lowest BCUT2D eigenvalue weighted by Gasteiger charge is -2.22. The minimum Gasteiger partial charge on any atom is -0.356 e. The summed E-state index contributed by atoms with van der Waals surface area (Å²) < 4.78 is 22.3. The van der Waals surface area contributed by atoms with E-state index in [1.54, 1.807) is 0 Å². The zero-order valence-corrected chi connectivity index (χ0v) is 10.1. The van der Waals surface area contributed by atoms with Gasteiger partial charge in [0.05, 0.1) is 11.5 Å². The molecule has 1 fully saturated rings. The Morgan fingerprint density at radius 2 is 1.87 bits per heavy atom. The highest BCUT2D eigenvalue weighted by molar-refractivity contribution is 7.91.